The predicted octanol–water partition coefficient (Wildman–Crippen LogP) is 3.26. The first kappa shape index (κ1) is 18.2. The van der Waals surface area contributed by atoms with Crippen LogP contribution in [0.25, 0.3) is 10.2 Å². The normalized spacial score (nSPS) is 16.6. The van der Waals surface area contributed by atoms with Gasteiger partial charge in [-0.1, -0.05) is 30.3 Å². The van der Waals surface area contributed by atoms with Crippen LogP contribution in [0.15, 0.2) is 49.7 Å². The Balaban J connectivity index is 1.72. The van der Waals surface area contributed by atoms with Crippen LogP contribution >= 0.6 is 11.3 Å². The van der Waals surface area contributed by atoms with Gasteiger partial charge >= 0.3 is 11.4 Å². The summed E-state index contributed by atoms with van der Waals surface area (Å²) in [6.07, 6.45) is 1.42. The molecule has 1 saturated heterocycles. The maximum atomic E-state index is 12.4. The molecule has 2 aromatic heterocycles. The van der Waals surface area contributed by atoms with Gasteiger partial charge in [-0.05, 0) is 36.3 Å². The van der Waals surface area contributed by atoms with Crippen LogP contribution in [-0.2, 0) is 16.0 Å². The van der Waals surface area contributed by atoms with E-state index in [9.17, 15) is 9.59 Å². The molecule has 0 bridgehead atoms. The maximum Gasteiger partial charge on any atom is 0.423 e. The summed E-state index contributed by atoms with van der Waals surface area (Å²) < 4.78 is 18.3. The maximum absolute atomic E-state index is 12.4. The highest BCUT2D eigenvalue weighted by Crippen LogP contribution is 2.27. The van der Waals surface area contributed by atoms with Gasteiger partial charge in [0, 0.05) is 13.2 Å². The summed E-state index contributed by atoms with van der Waals surface area (Å²) >= 11 is 1.38. The third-order valence-corrected chi connectivity index (χ3v) is 5.97. The number of ether oxygens (including phenoxy) is 2. The summed E-state index contributed by atoms with van der Waals surface area (Å²) in [7, 11) is 0. The first-order valence-corrected chi connectivity index (χ1v) is 9.91. The second-order valence-electron chi connectivity index (χ2n) is 6.71. The highest BCUT2D eigenvalue weighted by molar-refractivity contribution is 7.17. The largest absolute Gasteiger partial charge is 0.423 e. The number of nitrogens with zero attached hydrogens (tertiary/aromatic N) is 1. The molecule has 0 N–H and O–H groups in total. The second-order valence-corrected chi connectivity index (χ2v) is 7.57. The third-order valence-electron chi connectivity index (χ3n) is 4.85. The minimum absolute atomic E-state index is 0.0796. The predicted molar refractivity (Wildman–Crippen MR) is 103 cm³/mol. The first-order chi connectivity index (χ1) is 13.1. The van der Waals surface area contributed by atoms with Crippen molar-refractivity contribution in [2.24, 2.45) is 0 Å². The topological polar surface area (TPSA) is 70.7 Å². The number of aryl methyl sites for hydroxylation is 1. The van der Waals surface area contributed by atoms with Crippen LogP contribution in [0.1, 0.15) is 30.1 Å². The number of hydrogen-bond acceptors (Lipinski definition) is 6. The molecule has 0 aliphatic carbocycles. The van der Waals surface area contributed by atoms with Gasteiger partial charge in [0.25, 0.3) is 0 Å². The van der Waals surface area contributed by atoms with Crippen LogP contribution in [0.3, 0.4) is 0 Å². The van der Waals surface area contributed by atoms with E-state index in [0.717, 1.165) is 24.0 Å². The van der Waals surface area contributed by atoms with E-state index in [0.29, 0.717) is 30.0 Å². The molecule has 1 aliphatic heterocycles. The van der Waals surface area contributed by atoms with Crippen LogP contribution in [0.5, 0.6) is 0 Å². The molecule has 0 saturated carbocycles. The summed E-state index contributed by atoms with van der Waals surface area (Å²) in [6.45, 7) is 3.50. The second kappa shape index (κ2) is 7.80. The van der Waals surface area contributed by atoms with Crippen LogP contribution in [0, 0.1) is 6.92 Å². The van der Waals surface area contributed by atoms with Crippen molar-refractivity contribution in [2.45, 2.75) is 38.5 Å². The zero-order chi connectivity index (χ0) is 18.8. The molecule has 4 rings (SSSR count). The summed E-state index contributed by atoms with van der Waals surface area (Å²) in [5.41, 5.74) is 1.23. The van der Waals surface area contributed by atoms with E-state index in [1.54, 1.807) is 0 Å². The van der Waals surface area contributed by atoms with Gasteiger partial charge in [0.15, 0.2) is 0 Å². The van der Waals surface area contributed by atoms with Gasteiger partial charge in [-0.25, -0.2) is 9.59 Å². The quantitative estimate of drug-likeness (QED) is 0.672. The monoisotopic (exact) mass is 387 g/mol. The van der Waals surface area contributed by atoms with E-state index in [-0.39, 0.29) is 12.2 Å². The van der Waals surface area contributed by atoms with Gasteiger partial charge < -0.3 is 13.9 Å². The van der Waals surface area contributed by atoms with E-state index in [2.05, 4.69) is 0 Å². The molecule has 3 aromatic rings. The Bertz CT molecular complexity index is 1030. The van der Waals surface area contributed by atoms with Crippen molar-refractivity contribution in [3.63, 3.8) is 0 Å². The lowest BCUT2D eigenvalue weighted by Gasteiger charge is -2.28. The molecule has 142 valence electrons. The Hall–Kier alpha value is -2.22. The Morgan fingerprint density at radius 1 is 1.22 bits per heavy atom. The van der Waals surface area contributed by atoms with Gasteiger partial charge in [-0.3, -0.25) is 4.57 Å². The Kier molecular flexibility index (Phi) is 5.24. The summed E-state index contributed by atoms with van der Waals surface area (Å²) in [6, 6.07) is 9.84. The zero-order valence-electron chi connectivity index (χ0n) is 15.1. The fraction of sp³-hybridized carbons (Fsp3) is 0.400. The SMILES string of the molecule is Cc1csc2c1c(=O)oc(=O)n2CC(OC1CCOCC1)c1ccccc1. The molecule has 1 aliphatic rings. The van der Waals surface area contributed by atoms with E-state index < -0.39 is 11.4 Å². The van der Waals surface area contributed by atoms with Gasteiger partial charge in [-0.15, -0.1) is 11.3 Å². The van der Waals surface area contributed by atoms with E-state index in [1.807, 2.05) is 42.6 Å². The Morgan fingerprint density at radius 2 is 1.96 bits per heavy atom. The first-order valence-electron chi connectivity index (χ1n) is 9.03. The lowest BCUT2D eigenvalue weighted by molar-refractivity contribution is -0.0750. The summed E-state index contributed by atoms with van der Waals surface area (Å²) in [5.74, 6) is -0.647. The van der Waals surface area contributed by atoms with Crippen molar-refractivity contribution in [1.82, 2.24) is 4.57 Å². The fourth-order valence-corrected chi connectivity index (χ4v) is 4.45. The van der Waals surface area contributed by atoms with Crippen molar-refractivity contribution < 1.29 is 13.9 Å². The molecule has 6 nitrogen and oxygen atoms in total. The molecule has 1 atom stereocenters. The lowest BCUT2D eigenvalue weighted by atomic mass is 10.1. The average Bonchev–Trinajstić information content (AvgIpc) is 3.07. The number of aromatic nitrogens is 1. The number of rotatable bonds is 5. The fourth-order valence-electron chi connectivity index (χ4n) is 3.41. The molecule has 0 spiro atoms. The van der Waals surface area contributed by atoms with Crippen molar-refractivity contribution >= 4 is 21.6 Å². The standard InChI is InChI=1S/C20H21NO5S/c1-13-12-27-18-17(13)19(22)26-20(23)21(18)11-16(14-5-3-2-4-6-14)25-15-7-9-24-10-8-15/h2-6,12,15-16H,7-11H2,1H3. The highest BCUT2D eigenvalue weighted by atomic mass is 32.1. The molecule has 1 fully saturated rings. The minimum Gasteiger partial charge on any atom is -0.381 e. The van der Waals surface area contributed by atoms with Crippen molar-refractivity contribution in [3.8, 4) is 0 Å². The van der Waals surface area contributed by atoms with Gasteiger partial charge in [-0.2, -0.15) is 0 Å². The van der Waals surface area contributed by atoms with Gasteiger partial charge in [0.2, 0.25) is 0 Å². The van der Waals surface area contributed by atoms with Gasteiger partial charge in [0.05, 0.1) is 18.0 Å². The average molecular weight is 387 g/mol. The minimum atomic E-state index is -0.647. The van der Waals surface area contributed by atoms with E-state index in [1.165, 1.54) is 15.9 Å². The number of hydrogen-bond donors (Lipinski definition) is 0. The van der Waals surface area contributed by atoms with Gasteiger partial charge in [0.1, 0.15) is 10.9 Å². The van der Waals surface area contributed by atoms with Crippen LogP contribution in [0.4, 0.5) is 0 Å². The molecule has 27 heavy (non-hydrogen) atoms. The van der Waals surface area contributed by atoms with E-state index in [4.69, 9.17) is 13.9 Å². The summed E-state index contributed by atoms with van der Waals surface area (Å²) in [5, 5.41) is 2.34. The Labute approximate surface area is 160 Å². The van der Waals surface area contributed by atoms with Crippen molar-refractivity contribution in [1.29, 1.82) is 0 Å². The van der Waals surface area contributed by atoms with E-state index >= 15 is 0 Å². The third kappa shape index (κ3) is 3.76. The number of fused-ring (bicyclic) bond motifs is 1. The van der Waals surface area contributed by atoms with Crippen LogP contribution < -0.4 is 11.4 Å². The molecule has 1 unspecified atom stereocenters. The van der Waals surface area contributed by atoms with Crippen LogP contribution in [-0.4, -0.2) is 23.9 Å². The van der Waals surface area contributed by atoms with Crippen molar-refractivity contribution in [2.75, 3.05) is 13.2 Å². The molecular formula is C20H21NO5S. The zero-order valence-corrected chi connectivity index (χ0v) is 15.9. The molecule has 0 radical (unpaired) electrons. The molecule has 1 aromatic carbocycles. The molecular weight excluding hydrogens is 366 g/mol. The Morgan fingerprint density at radius 3 is 2.70 bits per heavy atom. The number of benzene rings is 1. The van der Waals surface area contributed by atoms with Crippen molar-refractivity contribution in [3.05, 3.63) is 67.8 Å². The molecule has 7 heteroatoms. The highest BCUT2D eigenvalue weighted by Gasteiger charge is 2.24. The van der Waals surface area contributed by atoms with Crippen LogP contribution in [0.2, 0.25) is 0 Å². The number of thiophene rings is 1. The lowest BCUT2D eigenvalue weighted by Crippen LogP contribution is -2.31. The molecule has 0 amide bonds. The smallest absolute Gasteiger partial charge is 0.381 e. The molecule has 3 heterocycles. The summed E-state index contributed by atoms with van der Waals surface area (Å²) in [4.78, 5) is 25.2.